The van der Waals surface area contributed by atoms with Gasteiger partial charge in [-0.2, -0.15) is 0 Å². The van der Waals surface area contributed by atoms with Crippen LogP contribution in [0.1, 0.15) is 40.0 Å². The predicted octanol–water partition coefficient (Wildman–Crippen LogP) is 1.79. The fourth-order valence-electron chi connectivity index (χ4n) is 3.55. The van der Waals surface area contributed by atoms with E-state index >= 15 is 0 Å². The standard InChI is InChI=1S/C16H28N2O4/c1-15(2,3)22-14(20)18-9-5-12(6-10-18)16(13(19)21-4)7-8-17-11-16/h12,17H,5-11H2,1-4H3. The average Bonchev–Trinajstić information content (AvgIpc) is 2.95. The monoisotopic (exact) mass is 312 g/mol. The van der Waals surface area contributed by atoms with E-state index in [0.29, 0.717) is 19.6 Å². The summed E-state index contributed by atoms with van der Waals surface area (Å²) in [6.07, 6.45) is 2.19. The maximum absolute atomic E-state index is 12.3. The van der Waals surface area contributed by atoms with Gasteiger partial charge in [0, 0.05) is 19.6 Å². The lowest BCUT2D eigenvalue weighted by molar-refractivity contribution is -0.156. The lowest BCUT2D eigenvalue weighted by atomic mass is 9.70. The largest absolute Gasteiger partial charge is 0.469 e. The van der Waals surface area contributed by atoms with Crippen molar-refractivity contribution in [3.8, 4) is 0 Å². The summed E-state index contributed by atoms with van der Waals surface area (Å²) in [7, 11) is 1.46. The molecule has 6 nitrogen and oxygen atoms in total. The van der Waals surface area contributed by atoms with Crippen LogP contribution in [0.5, 0.6) is 0 Å². The molecule has 0 aromatic rings. The number of hydrogen-bond donors (Lipinski definition) is 1. The SMILES string of the molecule is COC(=O)C1(C2CCN(C(=O)OC(C)(C)C)CC2)CCNC1. The second-order valence-electron chi connectivity index (χ2n) is 7.32. The molecular weight excluding hydrogens is 284 g/mol. The first-order valence-electron chi connectivity index (χ1n) is 8.05. The maximum atomic E-state index is 12.3. The summed E-state index contributed by atoms with van der Waals surface area (Å²) in [6.45, 7) is 8.41. The Balaban J connectivity index is 1.96. The van der Waals surface area contributed by atoms with E-state index in [1.54, 1.807) is 4.90 Å². The number of methoxy groups -OCH3 is 1. The molecule has 0 radical (unpaired) electrons. The van der Waals surface area contributed by atoms with Gasteiger partial charge in [0.2, 0.25) is 0 Å². The number of hydrogen-bond acceptors (Lipinski definition) is 5. The molecule has 6 heteroatoms. The van der Waals surface area contributed by atoms with Crippen molar-refractivity contribution in [2.24, 2.45) is 11.3 Å². The molecule has 0 aliphatic carbocycles. The first kappa shape index (κ1) is 17.1. The quantitative estimate of drug-likeness (QED) is 0.787. The van der Waals surface area contributed by atoms with Gasteiger partial charge in [-0.25, -0.2) is 4.79 Å². The molecular formula is C16H28N2O4. The van der Waals surface area contributed by atoms with Crippen molar-refractivity contribution in [3.05, 3.63) is 0 Å². The first-order valence-corrected chi connectivity index (χ1v) is 8.05. The first-order chi connectivity index (χ1) is 10.3. The van der Waals surface area contributed by atoms with Gasteiger partial charge in [-0.05, 0) is 52.5 Å². The highest BCUT2D eigenvalue weighted by atomic mass is 16.6. The second kappa shape index (κ2) is 6.44. The number of nitrogens with one attached hydrogen (secondary N) is 1. The van der Waals surface area contributed by atoms with Crippen LogP contribution >= 0.6 is 0 Å². The summed E-state index contributed by atoms with van der Waals surface area (Å²) in [5.41, 5.74) is -0.898. The van der Waals surface area contributed by atoms with Gasteiger partial charge < -0.3 is 19.7 Å². The van der Waals surface area contributed by atoms with Crippen LogP contribution < -0.4 is 5.32 Å². The fourth-order valence-corrected chi connectivity index (χ4v) is 3.55. The Kier molecular flexibility index (Phi) is 5.00. The number of piperidine rings is 1. The zero-order valence-corrected chi connectivity index (χ0v) is 14.1. The molecule has 1 unspecified atom stereocenters. The minimum absolute atomic E-state index is 0.117. The highest BCUT2D eigenvalue weighted by Crippen LogP contribution is 2.41. The van der Waals surface area contributed by atoms with Crippen molar-refractivity contribution in [2.75, 3.05) is 33.3 Å². The number of amides is 1. The molecule has 2 aliphatic heterocycles. The number of ether oxygens (including phenoxy) is 2. The molecule has 2 heterocycles. The minimum atomic E-state index is -0.476. The van der Waals surface area contributed by atoms with Crippen molar-refractivity contribution in [2.45, 2.75) is 45.6 Å². The molecule has 0 aromatic carbocycles. The Bertz CT molecular complexity index is 416. The van der Waals surface area contributed by atoms with Gasteiger partial charge in [0.25, 0.3) is 0 Å². The molecule has 2 fully saturated rings. The van der Waals surface area contributed by atoms with Crippen molar-refractivity contribution < 1.29 is 19.1 Å². The number of esters is 1. The second-order valence-corrected chi connectivity index (χ2v) is 7.32. The van der Waals surface area contributed by atoms with E-state index in [9.17, 15) is 9.59 Å². The van der Waals surface area contributed by atoms with E-state index in [1.807, 2.05) is 20.8 Å². The van der Waals surface area contributed by atoms with E-state index in [4.69, 9.17) is 9.47 Å². The Morgan fingerprint density at radius 2 is 1.86 bits per heavy atom. The van der Waals surface area contributed by atoms with Crippen molar-refractivity contribution in [3.63, 3.8) is 0 Å². The minimum Gasteiger partial charge on any atom is -0.469 e. The zero-order chi connectivity index (χ0) is 16.4. The van der Waals surface area contributed by atoms with E-state index in [0.717, 1.165) is 25.8 Å². The van der Waals surface area contributed by atoms with E-state index in [2.05, 4.69) is 5.32 Å². The average molecular weight is 312 g/mol. The molecule has 22 heavy (non-hydrogen) atoms. The number of carbonyl (C=O) groups excluding carboxylic acids is 2. The van der Waals surface area contributed by atoms with Gasteiger partial charge in [0.1, 0.15) is 5.60 Å². The number of carbonyl (C=O) groups is 2. The summed E-state index contributed by atoms with van der Waals surface area (Å²) < 4.78 is 10.5. The zero-order valence-electron chi connectivity index (χ0n) is 14.1. The summed E-state index contributed by atoms with van der Waals surface area (Å²) >= 11 is 0. The van der Waals surface area contributed by atoms with E-state index in [1.165, 1.54) is 7.11 Å². The van der Waals surface area contributed by atoms with Gasteiger partial charge in [-0.1, -0.05) is 0 Å². The van der Waals surface area contributed by atoms with Crippen molar-refractivity contribution in [1.82, 2.24) is 10.2 Å². The predicted molar refractivity (Wildman–Crippen MR) is 82.5 cm³/mol. The summed E-state index contributed by atoms with van der Waals surface area (Å²) in [5, 5.41) is 3.28. The highest BCUT2D eigenvalue weighted by molar-refractivity contribution is 5.78. The van der Waals surface area contributed by atoms with Crippen LogP contribution in [0.2, 0.25) is 0 Å². The maximum Gasteiger partial charge on any atom is 0.410 e. The van der Waals surface area contributed by atoms with E-state index in [-0.39, 0.29) is 18.0 Å². The molecule has 0 spiro atoms. The number of likely N-dealkylation sites (tertiary alicyclic amines) is 1. The lowest BCUT2D eigenvalue weighted by Gasteiger charge is -2.40. The van der Waals surface area contributed by atoms with Crippen LogP contribution in [0.3, 0.4) is 0 Å². The smallest absolute Gasteiger partial charge is 0.410 e. The molecule has 1 atom stereocenters. The lowest BCUT2D eigenvalue weighted by Crippen LogP contribution is -2.49. The number of nitrogens with zero attached hydrogens (tertiary/aromatic N) is 1. The summed E-state index contributed by atoms with van der Waals surface area (Å²) in [6, 6.07) is 0. The molecule has 2 rings (SSSR count). The Morgan fingerprint density at radius 3 is 2.32 bits per heavy atom. The molecule has 1 amide bonds. The van der Waals surface area contributed by atoms with Crippen LogP contribution in [0.25, 0.3) is 0 Å². The topological polar surface area (TPSA) is 67.9 Å². The third kappa shape index (κ3) is 3.54. The Hall–Kier alpha value is -1.30. The third-order valence-corrected chi connectivity index (χ3v) is 4.71. The van der Waals surface area contributed by atoms with Crippen LogP contribution in [0.15, 0.2) is 0 Å². The molecule has 0 bridgehead atoms. The van der Waals surface area contributed by atoms with Crippen molar-refractivity contribution in [1.29, 1.82) is 0 Å². The van der Waals surface area contributed by atoms with Crippen LogP contribution in [0, 0.1) is 11.3 Å². The molecule has 0 aromatic heterocycles. The molecule has 2 saturated heterocycles. The van der Waals surface area contributed by atoms with Crippen LogP contribution in [-0.2, 0) is 14.3 Å². The molecule has 126 valence electrons. The summed E-state index contributed by atoms with van der Waals surface area (Å²) in [4.78, 5) is 26.1. The summed E-state index contributed by atoms with van der Waals surface area (Å²) in [5.74, 6) is 0.141. The van der Waals surface area contributed by atoms with Crippen LogP contribution in [-0.4, -0.2) is 55.9 Å². The van der Waals surface area contributed by atoms with Gasteiger partial charge in [0.05, 0.1) is 12.5 Å². The third-order valence-electron chi connectivity index (χ3n) is 4.71. The van der Waals surface area contributed by atoms with Crippen molar-refractivity contribution >= 4 is 12.1 Å². The molecule has 2 aliphatic rings. The van der Waals surface area contributed by atoms with Gasteiger partial charge in [-0.3, -0.25) is 4.79 Å². The molecule has 1 N–H and O–H groups in total. The van der Waals surface area contributed by atoms with Gasteiger partial charge in [0.15, 0.2) is 0 Å². The van der Waals surface area contributed by atoms with E-state index < -0.39 is 11.0 Å². The normalized spacial score (nSPS) is 26.8. The Morgan fingerprint density at radius 1 is 1.23 bits per heavy atom. The van der Waals surface area contributed by atoms with Gasteiger partial charge >= 0.3 is 12.1 Å². The number of rotatable bonds is 2. The molecule has 0 saturated carbocycles. The fraction of sp³-hybridized carbons (Fsp3) is 0.875. The Labute approximate surface area is 132 Å². The highest BCUT2D eigenvalue weighted by Gasteiger charge is 2.49. The van der Waals surface area contributed by atoms with Crippen LogP contribution in [0.4, 0.5) is 4.79 Å². The van der Waals surface area contributed by atoms with Gasteiger partial charge in [-0.15, -0.1) is 0 Å².